The first-order chi connectivity index (χ1) is 25.3. The van der Waals surface area contributed by atoms with Crippen LogP contribution in [-0.2, 0) is 0 Å². The Morgan fingerprint density at radius 3 is 1.84 bits per heavy atom. The van der Waals surface area contributed by atoms with Crippen molar-refractivity contribution < 1.29 is 0 Å². The minimum atomic E-state index is 1.22. The lowest BCUT2D eigenvalue weighted by molar-refractivity contribution is 1.20. The third-order valence-electron chi connectivity index (χ3n) is 10.4. The summed E-state index contributed by atoms with van der Waals surface area (Å²) in [7, 11) is 0. The molecular weight excluding hydrogens is 655 g/mol. The van der Waals surface area contributed by atoms with Crippen LogP contribution in [0, 0.1) is 0 Å². The highest BCUT2D eigenvalue weighted by Gasteiger charge is 2.21. The van der Waals surface area contributed by atoms with Gasteiger partial charge in [-0.25, -0.2) is 0 Å². The number of para-hydroxylation sites is 1. The summed E-state index contributed by atoms with van der Waals surface area (Å²) >= 11 is 3.80. The van der Waals surface area contributed by atoms with Crippen molar-refractivity contribution >= 4 is 84.8 Å². The van der Waals surface area contributed by atoms with E-state index in [4.69, 9.17) is 0 Å². The van der Waals surface area contributed by atoms with Crippen LogP contribution in [0.25, 0.3) is 101 Å². The van der Waals surface area contributed by atoms with Crippen LogP contribution in [-0.4, -0.2) is 4.57 Å². The SMILES string of the molecule is c1ccc(-c2ccc3c(c2)c2ccccc2n3-c2cccc3c2sc2c(-c4ccccc4)ccc(-c4ccc5sc6ccccc6c5c4)c23)cc1. The number of hydrogen-bond acceptors (Lipinski definition) is 2. The summed E-state index contributed by atoms with van der Waals surface area (Å²) in [5.41, 5.74) is 11.2. The molecule has 0 N–H and O–H groups in total. The van der Waals surface area contributed by atoms with Crippen molar-refractivity contribution in [3.05, 3.63) is 176 Å². The molecule has 0 amide bonds. The molecule has 0 aliphatic heterocycles. The predicted octanol–water partition coefficient (Wildman–Crippen LogP) is 14.5. The van der Waals surface area contributed by atoms with Crippen LogP contribution in [0.4, 0.5) is 0 Å². The van der Waals surface area contributed by atoms with Crippen molar-refractivity contribution in [1.29, 1.82) is 0 Å². The Balaban J connectivity index is 1.21. The minimum Gasteiger partial charge on any atom is -0.308 e. The maximum atomic E-state index is 2.49. The van der Waals surface area contributed by atoms with Crippen LogP contribution < -0.4 is 0 Å². The van der Waals surface area contributed by atoms with E-state index in [1.807, 2.05) is 22.7 Å². The van der Waals surface area contributed by atoms with E-state index >= 15 is 0 Å². The molecule has 0 atom stereocenters. The number of nitrogens with zero attached hydrogens (tertiary/aromatic N) is 1. The maximum Gasteiger partial charge on any atom is 0.0640 e. The summed E-state index contributed by atoms with van der Waals surface area (Å²) in [6, 6.07) is 64.8. The third-order valence-corrected chi connectivity index (χ3v) is 12.8. The van der Waals surface area contributed by atoms with Crippen LogP contribution in [0.3, 0.4) is 0 Å². The molecular formula is C48H29NS2. The molecule has 0 unspecified atom stereocenters. The molecule has 1 nitrogen and oxygen atoms in total. The molecule has 0 bridgehead atoms. The smallest absolute Gasteiger partial charge is 0.0640 e. The van der Waals surface area contributed by atoms with Crippen molar-refractivity contribution in [3.8, 4) is 39.1 Å². The Morgan fingerprint density at radius 2 is 0.980 bits per heavy atom. The van der Waals surface area contributed by atoms with Crippen molar-refractivity contribution in [1.82, 2.24) is 4.57 Å². The lowest BCUT2D eigenvalue weighted by Gasteiger charge is -2.11. The lowest BCUT2D eigenvalue weighted by atomic mass is 9.94. The Bertz CT molecular complexity index is 3130. The summed E-state index contributed by atoms with van der Waals surface area (Å²) in [5, 5.41) is 7.81. The van der Waals surface area contributed by atoms with Crippen molar-refractivity contribution in [3.63, 3.8) is 0 Å². The van der Waals surface area contributed by atoms with Gasteiger partial charge in [0.1, 0.15) is 0 Å². The van der Waals surface area contributed by atoms with Crippen molar-refractivity contribution in [2.75, 3.05) is 0 Å². The van der Waals surface area contributed by atoms with E-state index in [1.54, 1.807) is 0 Å². The second kappa shape index (κ2) is 11.3. The number of thiophene rings is 2. The molecule has 3 heteroatoms. The van der Waals surface area contributed by atoms with Crippen molar-refractivity contribution in [2.45, 2.75) is 0 Å². The van der Waals surface area contributed by atoms with Gasteiger partial charge in [-0.1, -0.05) is 133 Å². The van der Waals surface area contributed by atoms with Crippen LogP contribution in [0.1, 0.15) is 0 Å². The van der Waals surface area contributed by atoms with Crippen LogP contribution >= 0.6 is 22.7 Å². The molecule has 11 aromatic rings. The lowest BCUT2D eigenvalue weighted by Crippen LogP contribution is -1.93. The molecule has 0 spiro atoms. The zero-order valence-electron chi connectivity index (χ0n) is 27.5. The standard InChI is InChI=1S/C48H29NS2/c1-3-12-30(13-4-1)32-22-26-42-39(28-32)36-16-7-9-19-41(36)49(42)43-20-11-18-38-46-34(24-25-35(48(46)51-47(38)43)31-14-5-2-6-15-31)33-23-27-45-40(29-33)37-17-8-10-21-44(37)50-45/h1-29H. The van der Waals surface area contributed by atoms with Gasteiger partial charge in [0.05, 0.1) is 21.4 Å². The number of aromatic nitrogens is 1. The summed E-state index contributed by atoms with van der Waals surface area (Å²) in [4.78, 5) is 0. The Labute approximate surface area is 302 Å². The van der Waals surface area contributed by atoms with Gasteiger partial charge in [-0.3, -0.25) is 0 Å². The second-order valence-electron chi connectivity index (χ2n) is 13.2. The first kappa shape index (κ1) is 28.8. The molecule has 0 fully saturated rings. The average Bonchev–Trinajstić information content (AvgIpc) is 3.88. The van der Waals surface area contributed by atoms with E-state index in [0.717, 1.165) is 0 Å². The number of hydrogen-bond donors (Lipinski definition) is 0. The quantitative estimate of drug-likeness (QED) is 0.174. The third kappa shape index (κ3) is 4.39. The Kier molecular flexibility index (Phi) is 6.36. The van der Waals surface area contributed by atoms with Gasteiger partial charge in [-0.2, -0.15) is 0 Å². The van der Waals surface area contributed by atoms with E-state index in [-0.39, 0.29) is 0 Å². The zero-order chi connectivity index (χ0) is 33.5. The Hall–Kier alpha value is -6.00. The molecule has 11 rings (SSSR count). The van der Waals surface area contributed by atoms with E-state index in [9.17, 15) is 0 Å². The van der Waals surface area contributed by atoms with E-state index < -0.39 is 0 Å². The second-order valence-corrected chi connectivity index (χ2v) is 15.4. The Morgan fingerprint density at radius 1 is 0.333 bits per heavy atom. The van der Waals surface area contributed by atoms with Gasteiger partial charge in [0.2, 0.25) is 0 Å². The van der Waals surface area contributed by atoms with Crippen molar-refractivity contribution in [2.24, 2.45) is 0 Å². The maximum absolute atomic E-state index is 2.49. The van der Waals surface area contributed by atoms with E-state index in [2.05, 4.69) is 180 Å². The van der Waals surface area contributed by atoms with Crippen LogP contribution in [0.15, 0.2) is 176 Å². The number of benzene rings is 8. The predicted molar refractivity (Wildman–Crippen MR) is 223 cm³/mol. The fourth-order valence-corrected chi connectivity index (χ4v) is 10.5. The molecule has 0 aliphatic carbocycles. The van der Waals surface area contributed by atoms with Crippen LogP contribution in [0.2, 0.25) is 0 Å². The summed E-state index contributed by atoms with van der Waals surface area (Å²) in [6.45, 7) is 0. The number of fused-ring (bicyclic) bond motifs is 9. The minimum absolute atomic E-state index is 1.22. The molecule has 238 valence electrons. The number of rotatable bonds is 4. The van der Waals surface area contributed by atoms with Gasteiger partial charge in [-0.05, 0) is 75.8 Å². The molecule has 3 aromatic heterocycles. The molecule has 0 saturated carbocycles. The molecule has 0 aliphatic rings. The summed E-state index contributed by atoms with van der Waals surface area (Å²) in [6.07, 6.45) is 0. The fourth-order valence-electron chi connectivity index (χ4n) is 8.09. The topological polar surface area (TPSA) is 4.93 Å². The van der Waals surface area contributed by atoms with Crippen LogP contribution in [0.5, 0.6) is 0 Å². The molecule has 51 heavy (non-hydrogen) atoms. The van der Waals surface area contributed by atoms with Gasteiger partial charge in [0.25, 0.3) is 0 Å². The molecule has 3 heterocycles. The monoisotopic (exact) mass is 683 g/mol. The highest BCUT2D eigenvalue weighted by molar-refractivity contribution is 7.27. The summed E-state index contributed by atoms with van der Waals surface area (Å²) < 4.78 is 7.78. The fraction of sp³-hybridized carbons (Fsp3) is 0. The van der Waals surface area contributed by atoms with Gasteiger partial charge >= 0.3 is 0 Å². The van der Waals surface area contributed by atoms with Gasteiger partial charge in [-0.15, -0.1) is 22.7 Å². The normalized spacial score (nSPS) is 11.9. The first-order valence-corrected chi connectivity index (χ1v) is 19.0. The highest BCUT2D eigenvalue weighted by atomic mass is 32.1. The largest absolute Gasteiger partial charge is 0.308 e. The average molecular weight is 684 g/mol. The summed E-state index contributed by atoms with van der Waals surface area (Å²) in [5.74, 6) is 0. The molecule has 0 saturated heterocycles. The van der Waals surface area contributed by atoms with Gasteiger partial charge in [0.15, 0.2) is 0 Å². The highest BCUT2D eigenvalue weighted by Crippen LogP contribution is 2.48. The first-order valence-electron chi connectivity index (χ1n) is 17.3. The van der Waals surface area contributed by atoms with Gasteiger partial charge in [0, 0.05) is 46.4 Å². The van der Waals surface area contributed by atoms with E-state index in [1.165, 1.54) is 101 Å². The van der Waals surface area contributed by atoms with Gasteiger partial charge < -0.3 is 4.57 Å². The molecule has 0 radical (unpaired) electrons. The van der Waals surface area contributed by atoms with E-state index in [0.29, 0.717) is 0 Å². The zero-order valence-corrected chi connectivity index (χ0v) is 29.1. The molecule has 8 aromatic carbocycles.